The van der Waals surface area contributed by atoms with Gasteiger partial charge in [0.15, 0.2) is 5.96 Å². The van der Waals surface area contributed by atoms with Crippen LogP contribution in [-0.4, -0.2) is 78.7 Å². The number of guanidine groups is 1. The first-order valence-corrected chi connectivity index (χ1v) is 9.41. The molecule has 0 aromatic carbocycles. The number of nitrogens with two attached hydrogens (primary N) is 1. The van der Waals surface area contributed by atoms with E-state index in [0.29, 0.717) is 0 Å². The Morgan fingerprint density at radius 3 is 2.57 bits per heavy atom. The molecule has 5 nitrogen and oxygen atoms in total. The number of thioether (sulfide) groups is 1. The van der Waals surface area contributed by atoms with Crippen molar-refractivity contribution in [2.24, 2.45) is 10.7 Å². The third-order valence-corrected chi connectivity index (χ3v) is 6.21. The molecule has 3 saturated heterocycles. The zero-order valence-corrected chi connectivity index (χ0v) is 13.7. The van der Waals surface area contributed by atoms with Crippen molar-refractivity contribution in [2.45, 2.75) is 31.2 Å². The van der Waals surface area contributed by atoms with E-state index in [4.69, 9.17) is 15.5 Å². The first kappa shape index (κ1) is 15.4. The SMILES string of the molecule is NC(=NC[C@]1(N2CCOCC2)CCSC1)N1CCCCC1. The van der Waals surface area contributed by atoms with E-state index >= 15 is 0 Å². The molecule has 6 heteroatoms. The van der Waals surface area contributed by atoms with Crippen molar-refractivity contribution in [1.82, 2.24) is 9.80 Å². The number of nitrogens with zero attached hydrogens (tertiary/aromatic N) is 3. The average molecular weight is 312 g/mol. The molecular formula is C15H28N4OS. The molecule has 0 spiro atoms. The highest BCUT2D eigenvalue weighted by atomic mass is 32.2. The molecule has 0 aromatic rings. The first-order valence-electron chi connectivity index (χ1n) is 8.26. The van der Waals surface area contributed by atoms with Crippen LogP contribution in [0.2, 0.25) is 0 Å². The van der Waals surface area contributed by atoms with Crippen molar-refractivity contribution in [3.8, 4) is 0 Å². The largest absolute Gasteiger partial charge is 0.379 e. The highest BCUT2D eigenvalue weighted by Crippen LogP contribution is 2.34. The number of hydrogen-bond donors (Lipinski definition) is 1. The van der Waals surface area contributed by atoms with E-state index in [-0.39, 0.29) is 5.54 Å². The third-order valence-electron chi connectivity index (χ3n) is 4.98. The summed E-state index contributed by atoms with van der Waals surface area (Å²) in [4.78, 5) is 9.66. The van der Waals surface area contributed by atoms with E-state index in [2.05, 4.69) is 21.6 Å². The fourth-order valence-corrected chi connectivity index (χ4v) is 5.03. The van der Waals surface area contributed by atoms with Crippen LogP contribution in [0.1, 0.15) is 25.7 Å². The molecule has 0 aliphatic carbocycles. The van der Waals surface area contributed by atoms with Gasteiger partial charge in [0.1, 0.15) is 0 Å². The monoisotopic (exact) mass is 312 g/mol. The van der Waals surface area contributed by atoms with E-state index < -0.39 is 0 Å². The molecule has 3 heterocycles. The fourth-order valence-electron chi connectivity index (χ4n) is 3.56. The quantitative estimate of drug-likeness (QED) is 0.622. The maximum Gasteiger partial charge on any atom is 0.191 e. The van der Waals surface area contributed by atoms with E-state index in [0.717, 1.165) is 51.9 Å². The van der Waals surface area contributed by atoms with Crippen molar-refractivity contribution in [3.05, 3.63) is 0 Å². The van der Waals surface area contributed by atoms with Crippen LogP contribution in [0.5, 0.6) is 0 Å². The lowest BCUT2D eigenvalue weighted by Gasteiger charge is -2.42. The van der Waals surface area contributed by atoms with Crippen LogP contribution in [0.15, 0.2) is 4.99 Å². The Morgan fingerprint density at radius 2 is 1.90 bits per heavy atom. The predicted octanol–water partition coefficient (Wildman–Crippen LogP) is 0.995. The van der Waals surface area contributed by atoms with Crippen molar-refractivity contribution in [2.75, 3.05) is 57.4 Å². The number of ether oxygens (including phenoxy) is 1. The molecule has 3 aliphatic rings. The van der Waals surface area contributed by atoms with Gasteiger partial charge in [-0.2, -0.15) is 11.8 Å². The molecule has 0 bridgehead atoms. The van der Waals surface area contributed by atoms with Crippen molar-refractivity contribution in [3.63, 3.8) is 0 Å². The summed E-state index contributed by atoms with van der Waals surface area (Å²) >= 11 is 2.06. The Kier molecular flexibility index (Phi) is 5.29. The Labute approximate surface area is 132 Å². The Morgan fingerprint density at radius 1 is 1.14 bits per heavy atom. The average Bonchev–Trinajstić information content (AvgIpc) is 3.04. The minimum atomic E-state index is 0.217. The second-order valence-electron chi connectivity index (χ2n) is 6.35. The van der Waals surface area contributed by atoms with E-state index in [1.165, 1.54) is 37.2 Å². The summed E-state index contributed by atoms with van der Waals surface area (Å²) in [6, 6.07) is 0. The van der Waals surface area contributed by atoms with Gasteiger partial charge >= 0.3 is 0 Å². The summed E-state index contributed by atoms with van der Waals surface area (Å²) in [5.74, 6) is 3.19. The molecule has 0 amide bonds. The molecule has 21 heavy (non-hydrogen) atoms. The standard InChI is InChI=1S/C15H28N4OS/c16-14(18-5-2-1-3-6-18)17-12-15(4-11-21-13-15)19-7-9-20-10-8-19/h1-13H2,(H2,16,17)/t15-/m1/s1. The fraction of sp³-hybridized carbons (Fsp3) is 0.933. The zero-order valence-electron chi connectivity index (χ0n) is 12.9. The van der Waals surface area contributed by atoms with Gasteiger partial charge < -0.3 is 15.4 Å². The van der Waals surface area contributed by atoms with Gasteiger partial charge in [-0.05, 0) is 31.4 Å². The zero-order chi connectivity index (χ0) is 14.5. The topological polar surface area (TPSA) is 54.1 Å². The van der Waals surface area contributed by atoms with Gasteiger partial charge in [-0.1, -0.05) is 0 Å². The van der Waals surface area contributed by atoms with Crippen LogP contribution in [0.4, 0.5) is 0 Å². The highest BCUT2D eigenvalue weighted by molar-refractivity contribution is 7.99. The molecule has 0 unspecified atom stereocenters. The van der Waals surface area contributed by atoms with Crippen molar-refractivity contribution in [1.29, 1.82) is 0 Å². The molecular weight excluding hydrogens is 284 g/mol. The molecule has 2 N–H and O–H groups in total. The van der Waals surface area contributed by atoms with Gasteiger partial charge in [0, 0.05) is 31.9 Å². The Hall–Kier alpha value is -0.460. The maximum absolute atomic E-state index is 6.24. The lowest BCUT2D eigenvalue weighted by Crippen LogP contribution is -2.56. The molecule has 0 radical (unpaired) electrons. The van der Waals surface area contributed by atoms with Gasteiger partial charge in [-0.15, -0.1) is 0 Å². The molecule has 1 atom stereocenters. The number of likely N-dealkylation sites (tertiary alicyclic amines) is 1. The van der Waals surface area contributed by atoms with Crippen LogP contribution in [0.3, 0.4) is 0 Å². The Bertz CT molecular complexity index is 359. The van der Waals surface area contributed by atoms with Crippen LogP contribution in [0.25, 0.3) is 0 Å². The smallest absolute Gasteiger partial charge is 0.191 e. The normalized spacial score (nSPS) is 32.6. The molecule has 3 fully saturated rings. The minimum Gasteiger partial charge on any atom is -0.379 e. The van der Waals surface area contributed by atoms with Gasteiger partial charge in [0.05, 0.1) is 25.3 Å². The van der Waals surface area contributed by atoms with E-state index in [1.807, 2.05) is 0 Å². The lowest BCUT2D eigenvalue weighted by molar-refractivity contribution is -0.0105. The van der Waals surface area contributed by atoms with Gasteiger partial charge in [0.25, 0.3) is 0 Å². The summed E-state index contributed by atoms with van der Waals surface area (Å²) in [5.41, 5.74) is 6.46. The number of piperidine rings is 1. The van der Waals surface area contributed by atoms with Crippen LogP contribution >= 0.6 is 11.8 Å². The maximum atomic E-state index is 6.24. The van der Waals surface area contributed by atoms with Gasteiger partial charge in [-0.25, -0.2) is 0 Å². The van der Waals surface area contributed by atoms with Gasteiger partial charge in [-0.3, -0.25) is 9.89 Å². The van der Waals surface area contributed by atoms with Crippen LogP contribution in [0, 0.1) is 0 Å². The predicted molar refractivity (Wildman–Crippen MR) is 89.0 cm³/mol. The van der Waals surface area contributed by atoms with E-state index in [1.54, 1.807) is 0 Å². The summed E-state index contributed by atoms with van der Waals surface area (Å²) in [6.45, 7) is 6.81. The molecule has 3 aliphatic heterocycles. The molecule has 0 saturated carbocycles. The summed E-state index contributed by atoms with van der Waals surface area (Å²) in [6.07, 6.45) is 5.06. The van der Waals surface area contributed by atoms with Crippen molar-refractivity contribution >= 4 is 17.7 Å². The number of morpholine rings is 1. The number of hydrogen-bond acceptors (Lipinski definition) is 4. The first-order chi connectivity index (χ1) is 10.3. The highest BCUT2D eigenvalue weighted by Gasteiger charge is 2.40. The second-order valence-corrected chi connectivity index (χ2v) is 7.45. The second kappa shape index (κ2) is 7.20. The van der Waals surface area contributed by atoms with Crippen LogP contribution < -0.4 is 5.73 Å². The summed E-state index contributed by atoms with van der Waals surface area (Å²) in [7, 11) is 0. The van der Waals surface area contributed by atoms with E-state index in [9.17, 15) is 0 Å². The Balaban J connectivity index is 1.64. The lowest BCUT2D eigenvalue weighted by atomic mass is 9.96. The van der Waals surface area contributed by atoms with Gasteiger partial charge in [0.2, 0.25) is 0 Å². The third kappa shape index (κ3) is 3.66. The van der Waals surface area contributed by atoms with Crippen molar-refractivity contribution < 1.29 is 4.74 Å². The summed E-state index contributed by atoms with van der Waals surface area (Å²) in [5, 5.41) is 0. The molecule has 0 aromatic heterocycles. The minimum absolute atomic E-state index is 0.217. The molecule has 3 rings (SSSR count). The molecule has 120 valence electrons. The van der Waals surface area contributed by atoms with Crippen LogP contribution in [-0.2, 0) is 4.74 Å². The number of rotatable bonds is 3. The summed E-state index contributed by atoms with van der Waals surface area (Å²) < 4.78 is 5.51. The number of aliphatic imine (C=N–C) groups is 1.